The second-order valence-electron chi connectivity index (χ2n) is 6.25. The van der Waals surface area contributed by atoms with E-state index in [9.17, 15) is 0 Å². The average Bonchev–Trinajstić information content (AvgIpc) is 2.83. The van der Waals surface area contributed by atoms with Crippen LogP contribution in [0.2, 0.25) is 0 Å². The number of likely N-dealkylation sites (tertiary alicyclic amines) is 1. The molecule has 104 valence electrons. The van der Waals surface area contributed by atoms with Gasteiger partial charge in [-0.25, -0.2) is 0 Å². The Morgan fingerprint density at radius 2 is 2.21 bits per heavy atom. The van der Waals surface area contributed by atoms with Gasteiger partial charge in [0.1, 0.15) is 0 Å². The van der Waals surface area contributed by atoms with Crippen LogP contribution in [0, 0.1) is 5.41 Å². The molecule has 0 bridgehead atoms. The smallest absolute Gasteiger partial charge is 0.231 e. The SMILES string of the molecule is CC1(C)CN(Cc2cccc3c2OCO3)CCC1N. The number of fused-ring (bicyclic) bond motifs is 1. The van der Waals surface area contributed by atoms with Crippen molar-refractivity contribution in [1.82, 2.24) is 4.90 Å². The van der Waals surface area contributed by atoms with Gasteiger partial charge in [0.2, 0.25) is 6.79 Å². The van der Waals surface area contributed by atoms with Gasteiger partial charge in [-0.15, -0.1) is 0 Å². The lowest BCUT2D eigenvalue weighted by Crippen LogP contribution is -2.52. The van der Waals surface area contributed by atoms with E-state index in [-0.39, 0.29) is 5.41 Å². The number of rotatable bonds is 2. The van der Waals surface area contributed by atoms with Crippen molar-refractivity contribution in [3.63, 3.8) is 0 Å². The largest absolute Gasteiger partial charge is 0.454 e. The zero-order chi connectivity index (χ0) is 13.5. The number of ether oxygens (including phenoxy) is 2. The van der Waals surface area contributed by atoms with E-state index < -0.39 is 0 Å². The van der Waals surface area contributed by atoms with Gasteiger partial charge in [-0.05, 0) is 17.9 Å². The lowest BCUT2D eigenvalue weighted by Gasteiger charge is -2.42. The molecule has 1 aromatic rings. The fourth-order valence-electron chi connectivity index (χ4n) is 2.98. The first-order valence-corrected chi connectivity index (χ1v) is 6.92. The van der Waals surface area contributed by atoms with Crippen molar-refractivity contribution in [3.8, 4) is 11.5 Å². The van der Waals surface area contributed by atoms with E-state index in [1.807, 2.05) is 12.1 Å². The first-order valence-electron chi connectivity index (χ1n) is 6.92. The quantitative estimate of drug-likeness (QED) is 0.885. The molecule has 3 rings (SSSR count). The highest BCUT2D eigenvalue weighted by atomic mass is 16.7. The highest BCUT2D eigenvalue weighted by molar-refractivity contribution is 5.48. The number of hydrogen-bond donors (Lipinski definition) is 1. The van der Waals surface area contributed by atoms with E-state index in [1.165, 1.54) is 5.56 Å². The Bertz CT molecular complexity index is 473. The number of nitrogens with two attached hydrogens (primary N) is 1. The molecule has 0 radical (unpaired) electrons. The third-order valence-electron chi connectivity index (χ3n) is 4.26. The predicted octanol–water partition coefficient (Wildman–Crippen LogP) is 1.97. The van der Waals surface area contributed by atoms with Crippen LogP contribution in [-0.4, -0.2) is 30.8 Å². The summed E-state index contributed by atoms with van der Waals surface area (Å²) in [5.41, 5.74) is 7.57. The van der Waals surface area contributed by atoms with E-state index in [1.54, 1.807) is 0 Å². The average molecular weight is 262 g/mol. The normalized spacial score (nSPS) is 25.5. The molecule has 1 saturated heterocycles. The van der Waals surface area contributed by atoms with Crippen LogP contribution in [-0.2, 0) is 6.54 Å². The summed E-state index contributed by atoms with van der Waals surface area (Å²) in [6.45, 7) is 7.82. The summed E-state index contributed by atoms with van der Waals surface area (Å²) in [4.78, 5) is 2.46. The van der Waals surface area contributed by atoms with Crippen LogP contribution in [0.5, 0.6) is 11.5 Å². The summed E-state index contributed by atoms with van der Waals surface area (Å²) in [5, 5.41) is 0. The van der Waals surface area contributed by atoms with E-state index >= 15 is 0 Å². The summed E-state index contributed by atoms with van der Waals surface area (Å²) in [7, 11) is 0. The second-order valence-corrected chi connectivity index (χ2v) is 6.25. The molecule has 0 saturated carbocycles. The molecular weight excluding hydrogens is 240 g/mol. The van der Waals surface area contributed by atoms with Crippen molar-refractivity contribution in [3.05, 3.63) is 23.8 Å². The zero-order valence-corrected chi connectivity index (χ0v) is 11.7. The molecule has 4 heteroatoms. The van der Waals surface area contributed by atoms with Gasteiger partial charge in [0.05, 0.1) is 0 Å². The van der Waals surface area contributed by atoms with Crippen molar-refractivity contribution in [2.45, 2.75) is 32.9 Å². The van der Waals surface area contributed by atoms with Gasteiger partial charge in [0, 0.05) is 31.2 Å². The number of nitrogens with zero attached hydrogens (tertiary/aromatic N) is 1. The van der Waals surface area contributed by atoms with Gasteiger partial charge in [-0.3, -0.25) is 4.90 Å². The van der Waals surface area contributed by atoms with Gasteiger partial charge in [-0.1, -0.05) is 26.0 Å². The molecule has 0 amide bonds. The Morgan fingerprint density at radius 1 is 1.37 bits per heavy atom. The molecule has 1 unspecified atom stereocenters. The summed E-state index contributed by atoms with van der Waals surface area (Å²) >= 11 is 0. The number of para-hydroxylation sites is 1. The fraction of sp³-hybridized carbons (Fsp3) is 0.600. The van der Waals surface area contributed by atoms with Crippen LogP contribution >= 0.6 is 0 Å². The minimum Gasteiger partial charge on any atom is -0.454 e. The van der Waals surface area contributed by atoms with E-state index in [4.69, 9.17) is 15.2 Å². The van der Waals surface area contributed by atoms with Gasteiger partial charge >= 0.3 is 0 Å². The van der Waals surface area contributed by atoms with Gasteiger partial charge in [-0.2, -0.15) is 0 Å². The highest BCUT2D eigenvalue weighted by Gasteiger charge is 2.33. The Kier molecular flexibility index (Phi) is 3.15. The summed E-state index contributed by atoms with van der Waals surface area (Å²) in [6, 6.07) is 6.41. The predicted molar refractivity (Wildman–Crippen MR) is 74.2 cm³/mol. The van der Waals surface area contributed by atoms with E-state index in [0.717, 1.165) is 37.6 Å². The third-order valence-corrected chi connectivity index (χ3v) is 4.26. The number of benzene rings is 1. The topological polar surface area (TPSA) is 47.7 Å². The molecule has 2 heterocycles. The summed E-state index contributed by atoms with van der Waals surface area (Å²) in [5.74, 6) is 1.78. The molecular formula is C15H22N2O2. The van der Waals surface area contributed by atoms with Crippen molar-refractivity contribution in [2.75, 3.05) is 19.9 Å². The first kappa shape index (κ1) is 12.8. The van der Waals surface area contributed by atoms with Crippen molar-refractivity contribution in [2.24, 2.45) is 11.1 Å². The molecule has 0 aromatic heterocycles. The van der Waals surface area contributed by atoms with E-state index in [0.29, 0.717) is 12.8 Å². The number of hydrogen-bond acceptors (Lipinski definition) is 4. The van der Waals surface area contributed by atoms with Crippen LogP contribution in [0.4, 0.5) is 0 Å². The fourth-order valence-corrected chi connectivity index (χ4v) is 2.98. The van der Waals surface area contributed by atoms with Gasteiger partial charge < -0.3 is 15.2 Å². The maximum absolute atomic E-state index is 6.19. The molecule has 1 fully saturated rings. The molecule has 2 N–H and O–H groups in total. The summed E-state index contributed by atoms with van der Waals surface area (Å²) < 4.78 is 11.0. The zero-order valence-electron chi connectivity index (χ0n) is 11.7. The molecule has 19 heavy (non-hydrogen) atoms. The second kappa shape index (κ2) is 4.69. The molecule has 2 aliphatic rings. The van der Waals surface area contributed by atoms with Crippen LogP contribution in [0.15, 0.2) is 18.2 Å². The van der Waals surface area contributed by atoms with Crippen LogP contribution in [0.25, 0.3) is 0 Å². The maximum atomic E-state index is 6.19. The number of piperidine rings is 1. The molecule has 2 aliphatic heterocycles. The Balaban J connectivity index is 1.74. The summed E-state index contributed by atoms with van der Waals surface area (Å²) in [6.07, 6.45) is 1.05. The molecule has 4 nitrogen and oxygen atoms in total. The van der Waals surface area contributed by atoms with Crippen molar-refractivity contribution >= 4 is 0 Å². The monoisotopic (exact) mass is 262 g/mol. The molecule has 0 spiro atoms. The lowest BCUT2D eigenvalue weighted by molar-refractivity contribution is 0.0888. The van der Waals surface area contributed by atoms with Crippen LogP contribution < -0.4 is 15.2 Å². The minimum absolute atomic E-state index is 0.174. The molecule has 0 aliphatic carbocycles. The van der Waals surface area contributed by atoms with Crippen molar-refractivity contribution in [1.29, 1.82) is 0 Å². The van der Waals surface area contributed by atoms with E-state index in [2.05, 4.69) is 24.8 Å². The molecule has 1 atom stereocenters. The highest BCUT2D eigenvalue weighted by Crippen LogP contribution is 2.37. The van der Waals surface area contributed by atoms with Gasteiger partial charge in [0.15, 0.2) is 11.5 Å². The Labute approximate surface area is 114 Å². The van der Waals surface area contributed by atoms with Gasteiger partial charge in [0.25, 0.3) is 0 Å². The third kappa shape index (κ3) is 2.42. The maximum Gasteiger partial charge on any atom is 0.231 e. The Hall–Kier alpha value is -1.26. The Morgan fingerprint density at radius 3 is 3.00 bits per heavy atom. The minimum atomic E-state index is 0.174. The van der Waals surface area contributed by atoms with Crippen LogP contribution in [0.1, 0.15) is 25.8 Å². The van der Waals surface area contributed by atoms with Crippen molar-refractivity contribution < 1.29 is 9.47 Å². The first-order chi connectivity index (χ1) is 9.06. The molecule has 1 aromatic carbocycles. The standard InChI is InChI=1S/C15H22N2O2/c1-15(2)9-17(7-6-13(15)16)8-11-4-3-5-12-14(11)19-10-18-12/h3-5,13H,6-10,16H2,1-2H3. The lowest BCUT2D eigenvalue weighted by atomic mass is 9.79. The van der Waals surface area contributed by atoms with Crippen LogP contribution in [0.3, 0.4) is 0 Å².